The third kappa shape index (κ3) is 2.96. The largest absolute Gasteiger partial charge is 0.476 e. The Labute approximate surface area is 98.6 Å². The van der Waals surface area contributed by atoms with Crippen LogP contribution in [-0.2, 0) is 17.5 Å². The Morgan fingerprint density at radius 2 is 2.06 bits per heavy atom. The highest BCUT2D eigenvalue weighted by molar-refractivity contribution is 5.86. The summed E-state index contributed by atoms with van der Waals surface area (Å²) in [6, 6.07) is 0. The third-order valence-corrected chi connectivity index (χ3v) is 1.87. The van der Waals surface area contributed by atoms with Crippen LogP contribution in [0.15, 0.2) is 0 Å². The lowest BCUT2D eigenvalue weighted by Crippen LogP contribution is -2.30. The normalized spacial score (nSPS) is 11.3. The van der Waals surface area contributed by atoms with Crippen LogP contribution >= 0.6 is 0 Å². The number of carboxylic acid groups (broad SMARTS) is 1. The average Bonchev–Trinajstić information content (AvgIpc) is 2.61. The van der Waals surface area contributed by atoms with Crippen molar-refractivity contribution in [1.82, 2.24) is 20.3 Å². The standard InChI is InChI=1S/C8H9F3N4O3/c1-2-12-4(16)3-15-6(8(9,10)11)5(7(17)18)13-14-15/h2-3H2,1H3,(H,12,16)(H,17,18). The summed E-state index contributed by atoms with van der Waals surface area (Å²) in [7, 11) is 0. The van der Waals surface area contributed by atoms with Gasteiger partial charge in [-0.2, -0.15) is 13.2 Å². The Balaban J connectivity index is 3.13. The van der Waals surface area contributed by atoms with Gasteiger partial charge >= 0.3 is 12.1 Å². The van der Waals surface area contributed by atoms with Gasteiger partial charge in [-0.15, -0.1) is 5.10 Å². The van der Waals surface area contributed by atoms with Gasteiger partial charge in [-0.05, 0) is 6.92 Å². The van der Waals surface area contributed by atoms with Crippen molar-refractivity contribution in [1.29, 1.82) is 0 Å². The molecular formula is C8H9F3N4O3. The highest BCUT2D eigenvalue weighted by Crippen LogP contribution is 2.30. The minimum Gasteiger partial charge on any atom is -0.476 e. The zero-order valence-corrected chi connectivity index (χ0v) is 9.15. The molecule has 0 atom stereocenters. The van der Waals surface area contributed by atoms with Crippen molar-refractivity contribution >= 4 is 11.9 Å². The second-order valence-electron chi connectivity index (χ2n) is 3.20. The van der Waals surface area contributed by atoms with Crippen LogP contribution in [0, 0.1) is 0 Å². The molecule has 1 amide bonds. The monoisotopic (exact) mass is 266 g/mol. The van der Waals surface area contributed by atoms with Gasteiger partial charge in [0, 0.05) is 6.54 Å². The van der Waals surface area contributed by atoms with Gasteiger partial charge < -0.3 is 10.4 Å². The van der Waals surface area contributed by atoms with Gasteiger partial charge in [0.2, 0.25) is 11.6 Å². The third-order valence-electron chi connectivity index (χ3n) is 1.87. The number of aromatic carboxylic acids is 1. The number of rotatable bonds is 4. The van der Waals surface area contributed by atoms with E-state index in [1.54, 1.807) is 6.92 Å². The van der Waals surface area contributed by atoms with E-state index in [4.69, 9.17) is 5.11 Å². The van der Waals surface area contributed by atoms with E-state index in [0.717, 1.165) is 0 Å². The van der Waals surface area contributed by atoms with Crippen molar-refractivity contribution in [3.05, 3.63) is 11.4 Å². The van der Waals surface area contributed by atoms with Crippen LogP contribution in [0.4, 0.5) is 13.2 Å². The predicted octanol–water partition coefficient (Wildman–Crippen LogP) is 0.131. The number of carboxylic acids is 1. The lowest BCUT2D eigenvalue weighted by Gasteiger charge is -2.09. The number of carbonyl (C=O) groups is 2. The molecule has 0 radical (unpaired) electrons. The van der Waals surface area contributed by atoms with Crippen LogP contribution < -0.4 is 5.32 Å². The Morgan fingerprint density at radius 1 is 1.44 bits per heavy atom. The van der Waals surface area contributed by atoms with E-state index in [1.165, 1.54) is 0 Å². The molecule has 0 aromatic carbocycles. The first-order valence-corrected chi connectivity index (χ1v) is 4.78. The second kappa shape index (κ2) is 5.02. The number of halogens is 3. The Kier molecular flexibility index (Phi) is 3.89. The predicted molar refractivity (Wildman–Crippen MR) is 50.7 cm³/mol. The first-order valence-electron chi connectivity index (χ1n) is 4.78. The number of nitrogens with zero attached hydrogens (tertiary/aromatic N) is 3. The summed E-state index contributed by atoms with van der Waals surface area (Å²) < 4.78 is 38.1. The maximum atomic E-state index is 12.6. The fourth-order valence-electron chi connectivity index (χ4n) is 1.24. The number of nitrogens with one attached hydrogen (secondary N) is 1. The van der Waals surface area contributed by atoms with Crippen molar-refractivity contribution in [2.75, 3.05) is 6.54 Å². The van der Waals surface area contributed by atoms with Crippen LogP contribution in [0.25, 0.3) is 0 Å². The van der Waals surface area contributed by atoms with E-state index >= 15 is 0 Å². The molecule has 0 unspecified atom stereocenters. The minimum atomic E-state index is -4.95. The van der Waals surface area contributed by atoms with Crippen LogP contribution in [-0.4, -0.2) is 38.5 Å². The Bertz CT molecular complexity index is 469. The zero-order chi connectivity index (χ0) is 13.9. The fraction of sp³-hybridized carbons (Fsp3) is 0.500. The summed E-state index contributed by atoms with van der Waals surface area (Å²) in [5.41, 5.74) is -2.78. The van der Waals surface area contributed by atoms with Crippen LogP contribution in [0.2, 0.25) is 0 Å². The number of aromatic nitrogens is 3. The topological polar surface area (TPSA) is 97.1 Å². The molecule has 0 aliphatic heterocycles. The van der Waals surface area contributed by atoms with Gasteiger partial charge in [0.05, 0.1) is 0 Å². The summed E-state index contributed by atoms with van der Waals surface area (Å²) in [5.74, 6) is -2.57. The van der Waals surface area contributed by atoms with Gasteiger partial charge in [-0.1, -0.05) is 5.21 Å². The first kappa shape index (κ1) is 13.9. The summed E-state index contributed by atoms with van der Waals surface area (Å²) >= 11 is 0. The summed E-state index contributed by atoms with van der Waals surface area (Å²) in [4.78, 5) is 21.7. The molecule has 18 heavy (non-hydrogen) atoms. The molecule has 1 aromatic heterocycles. The van der Waals surface area contributed by atoms with E-state index in [-0.39, 0.29) is 11.2 Å². The molecule has 100 valence electrons. The summed E-state index contributed by atoms with van der Waals surface area (Å²) in [6.07, 6.45) is -4.95. The van der Waals surface area contributed by atoms with Crippen molar-refractivity contribution < 1.29 is 27.9 Å². The van der Waals surface area contributed by atoms with Gasteiger partial charge in [0.15, 0.2) is 5.69 Å². The molecule has 0 fully saturated rings. The number of hydrogen-bond acceptors (Lipinski definition) is 4. The van der Waals surface area contributed by atoms with Crippen molar-refractivity contribution in [3.63, 3.8) is 0 Å². The smallest absolute Gasteiger partial charge is 0.435 e. The maximum Gasteiger partial charge on any atom is 0.435 e. The van der Waals surface area contributed by atoms with Gasteiger partial charge in [-0.25, -0.2) is 9.48 Å². The van der Waals surface area contributed by atoms with Crippen LogP contribution in [0.3, 0.4) is 0 Å². The van der Waals surface area contributed by atoms with E-state index in [2.05, 4.69) is 15.6 Å². The molecule has 0 aliphatic rings. The zero-order valence-electron chi connectivity index (χ0n) is 9.15. The highest BCUT2D eigenvalue weighted by atomic mass is 19.4. The number of likely N-dealkylation sites (N-methyl/N-ethyl adjacent to an activating group) is 1. The fourth-order valence-corrected chi connectivity index (χ4v) is 1.24. The molecule has 1 rings (SSSR count). The molecule has 2 N–H and O–H groups in total. The SMILES string of the molecule is CCNC(=O)Cn1nnc(C(=O)O)c1C(F)(F)F. The highest BCUT2D eigenvalue weighted by Gasteiger charge is 2.41. The molecule has 10 heteroatoms. The lowest BCUT2D eigenvalue weighted by atomic mass is 10.3. The molecule has 1 aromatic rings. The van der Waals surface area contributed by atoms with E-state index < -0.39 is 36.0 Å². The maximum absolute atomic E-state index is 12.6. The Morgan fingerprint density at radius 3 is 2.50 bits per heavy atom. The number of hydrogen-bond donors (Lipinski definition) is 2. The molecule has 0 saturated heterocycles. The molecular weight excluding hydrogens is 257 g/mol. The van der Waals surface area contributed by atoms with Crippen molar-refractivity contribution in [2.45, 2.75) is 19.6 Å². The van der Waals surface area contributed by atoms with Crippen LogP contribution in [0.1, 0.15) is 23.1 Å². The lowest BCUT2D eigenvalue weighted by molar-refractivity contribution is -0.145. The molecule has 7 nitrogen and oxygen atoms in total. The minimum absolute atomic E-state index is 0.217. The first-order chi connectivity index (χ1) is 8.27. The number of alkyl halides is 3. The molecule has 0 spiro atoms. The molecule has 1 heterocycles. The number of carbonyl (C=O) groups excluding carboxylic acids is 1. The quantitative estimate of drug-likeness (QED) is 0.807. The van der Waals surface area contributed by atoms with Gasteiger partial charge in [0.1, 0.15) is 6.54 Å². The Hall–Kier alpha value is -2.13. The summed E-state index contributed by atoms with van der Waals surface area (Å²) in [6.45, 7) is 1.08. The molecule has 0 saturated carbocycles. The van der Waals surface area contributed by atoms with E-state index in [1.807, 2.05) is 0 Å². The van der Waals surface area contributed by atoms with Crippen molar-refractivity contribution in [3.8, 4) is 0 Å². The second-order valence-corrected chi connectivity index (χ2v) is 3.20. The van der Waals surface area contributed by atoms with E-state index in [0.29, 0.717) is 0 Å². The van der Waals surface area contributed by atoms with Gasteiger partial charge in [0.25, 0.3) is 0 Å². The molecule has 0 bridgehead atoms. The average molecular weight is 266 g/mol. The van der Waals surface area contributed by atoms with Crippen molar-refractivity contribution in [2.24, 2.45) is 0 Å². The number of amides is 1. The van der Waals surface area contributed by atoms with Gasteiger partial charge in [-0.3, -0.25) is 4.79 Å². The van der Waals surface area contributed by atoms with Crippen LogP contribution in [0.5, 0.6) is 0 Å². The van der Waals surface area contributed by atoms with E-state index in [9.17, 15) is 22.8 Å². The summed E-state index contributed by atoms with van der Waals surface area (Å²) in [5, 5.41) is 16.8. The molecule has 0 aliphatic carbocycles.